The molecule has 1 aliphatic rings. The van der Waals surface area contributed by atoms with Crippen molar-refractivity contribution in [3.05, 3.63) is 23.8 Å². The second-order valence-corrected chi connectivity index (χ2v) is 6.23. The van der Waals surface area contributed by atoms with Gasteiger partial charge in [0.15, 0.2) is 5.13 Å². The molecule has 3 rings (SSSR count). The van der Waals surface area contributed by atoms with Crippen LogP contribution < -0.4 is 10.6 Å². The van der Waals surface area contributed by atoms with Crippen LogP contribution in [-0.2, 0) is 16.0 Å². The fraction of sp³-hybridized carbons (Fsp3) is 0.400. The molecule has 2 heterocycles. The van der Waals surface area contributed by atoms with Crippen LogP contribution in [0.4, 0.5) is 5.13 Å². The Labute approximate surface area is 126 Å². The van der Waals surface area contributed by atoms with Crippen molar-refractivity contribution in [3.63, 3.8) is 0 Å². The van der Waals surface area contributed by atoms with E-state index in [0.29, 0.717) is 24.5 Å². The van der Waals surface area contributed by atoms with Crippen molar-refractivity contribution in [2.75, 3.05) is 11.9 Å². The Balaban J connectivity index is 1.72. The number of carbonyl (C=O) groups is 2. The fourth-order valence-corrected chi connectivity index (χ4v) is 3.34. The molecule has 2 aromatic rings. The zero-order valence-corrected chi connectivity index (χ0v) is 12.6. The Kier molecular flexibility index (Phi) is 3.88. The number of aryl methyl sites for hydroxylation is 1. The summed E-state index contributed by atoms with van der Waals surface area (Å²) in [6.45, 7) is 2.53. The SMILES string of the molecule is CCc1ccc2nc(NC(=O)[C@H]3CCC(=O)NC3)sc2c1. The Morgan fingerprint density at radius 1 is 1.52 bits per heavy atom. The lowest BCUT2D eigenvalue weighted by Gasteiger charge is -2.20. The first-order valence-corrected chi connectivity index (χ1v) is 7.94. The largest absolute Gasteiger partial charge is 0.355 e. The highest BCUT2D eigenvalue weighted by atomic mass is 32.1. The van der Waals surface area contributed by atoms with Gasteiger partial charge in [-0.3, -0.25) is 9.59 Å². The monoisotopic (exact) mass is 303 g/mol. The van der Waals surface area contributed by atoms with Gasteiger partial charge in [0.1, 0.15) is 0 Å². The number of carbonyl (C=O) groups excluding carboxylic acids is 2. The van der Waals surface area contributed by atoms with Crippen LogP contribution in [0.5, 0.6) is 0 Å². The standard InChI is InChI=1S/C15H17N3O2S/c1-2-9-3-5-11-12(7-9)21-15(17-11)18-14(20)10-4-6-13(19)16-8-10/h3,5,7,10H,2,4,6,8H2,1H3,(H,16,19)(H,17,18,20)/t10-/m0/s1. The molecule has 0 radical (unpaired) electrons. The normalized spacial score (nSPS) is 18.5. The molecule has 1 aliphatic heterocycles. The predicted octanol–water partition coefficient (Wildman–Crippen LogP) is 2.32. The molecule has 1 fully saturated rings. The molecule has 110 valence electrons. The van der Waals surface area contributed by atoms with E-state index in [4.69, 9.17) is 0 Å². The van der Waals surface area contributed by atoms with Gasteiger partial charge in [-0.15, -0.1) is 0 Å². The fourth-order valence-electron chi connectivity index (χ4n) is 2.41. The number of aromatic nitrogens is 1. The lowest BCUT2D eigenvalue weighted by atomic mass is 9.98. The minimum atomic E-state index is -0.166. The second kappa shape index (κ2) is 5.81. The number of nitrogens with one attached hydrogen (secondary N) is 2. The number of thiazole rings is 1. The lowest BCUT2D eigenvalue weighted by molar-refractivity contribution is -0.126. The van der Waals surface area contributed by atoms with Gasteiger partial charge in [0.05, 0.1) is 16.1 Å². The van der Waals surface area contributed by atoms with Crippen LogP contribution in [0.15, 0.2) is 18.2 Å². The minimum absolute atomic E-state index is 0.0196. The highest BCUT2D eigenvalue weighted by molar-refractivity contribution is 7.22. The number of fused-ring (bicyclic) bond motifs is 1. The summed E-state index contributed by atoms with van der Waals surface area (Å²) in [5.74, 6) is -0.211. The number of hydrogen-bond acceptors (Lipinski definition) is 4. The number of anilines is 1. The van der Waals surface area contributed by atoms with E-state index in [1.54, 1.807) is 0 Å². The highest BCUT2D eigenvalue weighted by Crippen LogP contribution is 2.27. The number of nitrogens with zero attached hydrogens (tertiary/aromatic N) is 1. The van der Waals surface area contributed by atoms with Gasteiger partial charge in [-0.1, -0.05) is 24.3 Å². The Hall–Kier alpha value is -1.95. The first-order chi connectivity index (χ1) is 10.2. The van der Waals surface area contributed by atoms with Gasteiger partial charge in [0.2, 0.25) is 11.8 Å². The average molecular weight is 303 g/mol. The van der Waals surface area contributed by atoms with Crippen molar-refractivity contribution in [3.8, 4) is 0 Å². The Bertz CT molecular complexity index is 685. The first kappa shape index (κ1) is 14.0. The number of amides is 2. The van der Waals surface area contributed by atoms with Crippen LogP contribution in [0.2, 0.25) is 0 Å². The maximum atomic E-state index is 12.2. The van der Waals surface area contributed by atoms with Crippen molar-refractivity contribution in [1.82, 2.24) is 10.3 Å². The van der Waals surface area contributed by atoms with Crippen molar-refractivity contribution < 1.29 is 9.59 Å². The molecule has 0 aliphatic carbocycles. The predicted molar refractivity (Wildman–Crippen MR) is 83.4 cm³/mol. The second-order valence-electron chi connectivity index (χ2n) is 5.20. The summed E-state index contributed by atoms with van der Waals surface area (Å²) in [7, 11) is 0. The van der Waals surface area contributed by atoms with Gasteiger partial charge >= 0.3 is 0 Å². The zero-order chi connectivity index (χ0) is 14.8. The molecule has 0 spiro atoms. The summed E-state index contributed by atoms with van der Waals surface area (Å²) in [5.41, 5.74) is 2.17. The van der Waals surface area contributed by atoms with E-state index in [2.05, 4.69) is 34.7 Å². The van der Waals surface area contributed by atoms with E-state index >= 15 is 0 Å². The molecule has 6 heteroatoms. The van der Waals surface area contributed by atoms with E-state index in [-0.39, 0.29) is 17.7 Å². The van der Waals surface area contributed by atoms with Gasteiger partial charge in [0.25, 0.3) is 0 Å². The van der Waals surface area contributed by atoms with Gasteiger partial charge in [0, 0.05) is 13.0 Å². The Morgan fingerprint density at radius 2 is 2.38 bits per heavy atom. The topological polar surface area (TPSA) is 71.1 Å². The molecule has 1 aromatic heterocycles. The van der Waals surface area contributed by atoms with Gasteiger partial charge < -0.3 is 10.6 Å². The smallest absolute Gasteiger partial charge is 0.231 e. The number of rotatable bonds is 3. The van der Waals surface area contributed by atoms with E-state index in [9.17, 15) is 9.59 Å². The molecule has 5 nitrogen and oxygen atoms in total. The van der Waals surface area contributed by atoms with Gasteiger partial charge in [-0.25, -0.2) is 4.98 Å². The van der Waals surface area contributed by atoms with Crippen LogP contribution in [0.3, 0.4) is 0 Å². The molecule has 1 saturated heterocycles. The van der Waals surface area contributed by atoms with Crippen LogP contribution >= 0.6 is 11.3 Å². The maximum Gasteiger partial charge on any atom is 0.231 e. The molecule has 21 heavy (non-hydrogen) atoms. The Morgan fingerprint density at radius 3 is 3.10 bits per heavy atom. The van der Waals surface area contributed by atoms with E-state index in [1.807, 2.05) is 6.07 Å². The highest BCUT2D eigenvalue weighted by Gasteiger charge is 2.25. The zero-order valence-electron chi connectivity index (χ0n) is 11.8. The molecule has 0 bridgehead atoms. The third kappa shape index (κ3) is 3.05. The molecule has 0 unspecified atom stereocenters. The van der Waals surface area contributed by atoms with E-state index in [1.165, 1.54) is 16.9 Å². The van der Waals surface area contributed by atoms with Crippen LogP contribution in [0.1, 0.15) is 25.3 Å². The molecule has 1 aromatic carbocycles. The minimum Gasteiger partial charge on any atom is -0.355 e. The van der Waals surface area contributed by atoms with Gasteiger partial charge in [-0.2, -0.15) is 0 Å². The molecular weight excluding hydrogens is 286 g/mol. The van der Waals surface area contributed by atoms with Crippen molar-refractivity contribution in [2.24, 2.45) is 5.92 Å². The average Bonchev–Trinajstić information content (AvgIpc) is 2.88. The van der Waals surface area contributed by atoms with Crippen LogP contribution in [0, 0.1) is 5.92 Å². The summed E-state index contributed by atoms with van der Waals surface area (Å²) >= 11 is 1.49. The number of hydrogen-bond donors (Lipinski definition) is 2. The molecule has 2 amide bonds. The summed E-state index contributed by atoms with van der Waals surface area (Å²) in [5, 5.41) is 6.22. The molecular formula is C15H17N3O2S. The molecule has 0 saturated carbocycles. The van der Waals surface area contributed by atoms with Gasteiger partial charge in [-0.05, 0) is 30.5 Å². The maximum absolute atomic E-state index is 12.2. The van der Waals surface area contributed by atoms with E-state index in [0.717, 1.165) is 16.6 Å². The van der Waals surface area contributed by atoms with Crippen molar-refractivity contribution >= 4 is 38.5 Å². The third-order valence-corrected chi connectivity index (χ3v) is 4.66. The lowest BCUT2D eigenvalue weighted by Crippen LogP contribution is -2.40. The quantitative estimate of drug-likeness (QED) is 0.914. The van der Waals surface area contributed by atoms with Crippen LogP contribution in [0.25, 0.3) is 10.2 Å². The molecule has 1 atom stereocenters. The van der Waals surface area contributed by atoms with Crippen molar-refractivity contribution in [1.29, 1.82) is 0 Å². The summed E-state index contributed by atoms with van der Waals surface area (Å²) in [6, 6.07) is 6.16. The summed E-state index contributed by atoms with van der Waals surface area (Å²) < 4.78 is 1.08. The number of piperidine rings is 1. The summed E-state index contributed by atoms with van der Waals surface area (Å²) in [6.07, 6.45) is 2.00. The molecule has 2 N–H and O–H groups in total. The van der Waals surface area contributed by atoms with E-state index < -0.39 is 0 Å². The van der Waals surface area contributed by atoms with Crippen LogP contribution in [-0.4, -0.2) is 23.3 Å². The first-order valence-electron chi connectivity index (χ1n) is 7.12. The van der Waals surface area contributed by atoms with Crippen molar-refractivity contribution in [2.45, 2.75) is 26.2 Å². The number of benzene rings is 1. The summed E-state index contributed by atoms with van der Waals surface area (Å²) in [4.78, 5) is 27.7. The third-order valence-electron chi connectivity index (χ3n) is 3.73.